The molecule has 1 amide bonds. The van der Waals surface area contributed by atoms with E-state index in [1.807, 2.05) is 24.8 Å². The average molecular weight is 506 g/mol. The van der Waals surface area contributed by atoms with Crippen molar-refractivity contribution in [2.45, 2.75) is 45.4 Å². The fourth-order valence-electron chi connectivity index (χ4n) is 4.40. The van der Waals surface area contributed by atoms with Crippen LogP contribution < -0.4 is 26.4 Å². The summed E-state index contributed by atoms with van der Waals surface area (Å²) >= 11 is 0. The highest BCUT2D eigenvalue weighted by Gasteiger charge is 2.51. The zero-order chi connectivity index (χ0) is 26.2. The summed E-state index contributed by atoms with van der Waals surface area (Å²) in [5, 5.41) is 20.0. The number of carbonyl (C=O) groups excluding carboxylic acids is 1. The van der Waals surface area contributed by atoms with Crippen LogP contribution in [0.2, 0.25) is 0 Å². The van der Waals surface area contributed by atoms with Crippen LogP contribution in [-0.2, 0) is 4.79 Å². The lowest BCUT2D eigenvalue weighted by atomic mass is 9.80. The van der Waals surface area contributed by atoms with Crippen molar-refractivity contribution in [1.29, 1.82) is 5.26 Å². The Morgan fingerprint density at radius 2 is 2.11 bits per heavy atom. The van der Waals surface area contributed by atoms with Gasteiger partial charge in [0.05, 0.1) is 43.8 Å². The van der Waals surface area contributed by atoms with Crippen molar-refractivity contribution < 1.29 is 9.18 Å². The number of amides is 1. The monoisotopic (exact) mass is 505 g/mol. The van der Waals surface area contributed by atoms with Crippen LogP contribution in [0, 0.1) is 29.5 Å². The Balaban J connectivity index is 1.21. The molecule has 5 heterocycles. The second-order valence-electron chi connectivity index (χ2n) is 9.61. The maximum Gasteiger partial charge on any atom is 0.244 e. The van der Waals surface area contributed by atoms with Crippen molar-refractivity contribution in [1.82, 2.24) is 40.9 Å². The van der Waals surface area contributed by atoms with Gasteiger partial charge < -0.3 is 15.5 Å². The van der Waals surface area contributed by atoms with Crippen molar-refractivity contribution in [3.8, 4) is 11.9 Å². The molecule has 4 N–H and O–H groups in total. The van der Waals surface area contributed by atoms with Gasteiger partial charge in [0.15, 0.2) is 17.1 Å². The van der Waals surface area contributed by atoms with Crippen molar-refractivity contribution in [3.63, 3.8) is 0 Å². The topological polar surface area (TPSA) is 149 Å². The van der Waals surface area contributed by atoms with Crippen LogP contribution in [0.1, 0.15) is 37.6 Å². The number of nitrogens with zero attached hydrogens (tertiary/aromatic N) is 7. The molecule has 2 saturated heterocycles. The van der Waals surface area contributed by atoms with E-state index in [-0.39, 0.29) is 31.2 Å². The molecule has 13 heteroatoms. The smallest absolute Gasteiger partial charge is 0.244 e. The molecule has 0 aliphatic carbocycles. The van der Waals surface area contributed by atoms with E-state index < -0.39 is 11.2 Å². The molecule has 2 fully saturated rings. The van der Waals surface area contributed by atoms with Crippen LogP contribution in [0.3, 0.4) is 0 Å². The van der Waals surface area contributed by atoms with E-state index in [1.54, 1.807) is 18.3 Å². The van der Waals surface area contributed by atoms with Crippen LogP contribution in [0.15, 0.2) is 36.8 Å². The molecule has 0 radical (unpaired) electrons. The Morgan fingerprint density at radius 1 is 1.30 bits per heavy atom. The van der Waals surface area contributed by atoms with Gasteiger partial charge in [0.25, 0.3) is 0 Å². The van der Waals surface area contributed by atoms with E-state index in [2.05, 4.69) is 54.5 Å². The zero-order valence-electron chi connectivity index (χ0n) is 20.7. The molecule has 2 unspecified atom stereocenters. The van der Waals surface area contributed by atoms with Crippen molar-refractivity contribution in [2.75, 3.05) is 23.3 Å². The first-order valence-corrected chi connectivity index (χ1v) is 12.0. The Bertz CT molecular complexity index is 1330. The molecule has 0 saturated carbocycles. The minimum absolute atomic E-state index is 0.0447. The standard InChI is InChI=1S/C24H28FN11O/c1-14-6-19(31-20-7-15(2)33-34-20)32-23(29-14)35-12-24(11-26,13-35)22(37)30-16(3)17-4-5-21(27-8-17)36-10-18(25)9-28-36/h4-6,8-10,15-16,20,33-34H,7,12-13H2,1-3H3,(H,30,37)(H,29,31,32)/t15?,16-,20?/m0/s1. The second-order valence-corrected chi connectivity index (χ2v) is 9.61. The molecule has 5 rings (SSSR count). The number of nitrogens with one attached hydrogen (secondary N) is 4. The van der Waals surface area contributed by atoms with Gasteiger partial charge in [-0.3, -0.25) is 10.2 Å². The third kappa shape index (κ3) is 5.07. The number of hydrogen-bond donors (Lipinski definition) is 4. The molecule has 2 aliphatic rings. The summed E-state index contributed by atoms with van der Waals surface area (Å²) in [4.78, 5) is 28.4. The molecule has 0 spiro atoms. The van der Waals surface area contributed by atoms with E-state index in [4.69, 9.17) is 0 Å². The van der Waals surface area contributed by atoms with E-state index in [1.165, 1.54) is 10.9 Å². The minimum Gasteiger partial charge on any atom is -0.353 e. The number of rotatable bonds is 7. The van der Waals surface area contributed by atoms with Crippen molar-refractivity contribution >= 4 is 17.7 Å². The van der Waals surface area contributed by atoms with Crippen LogP contribution in [0.5, 0.6) is 0 Å². The van der Waals surface area contributed by atoms with Gasteiger partial charge in [-0.15, -0.1) is 0 Å². The maximum absolute atomic E-state index is 13.2. The fourth-order valence-corrected chi connectivity index (χ4v) is 4.40. The van der Waals surface area contributed by atoms with Gasteiger partial charge in [0.1, 0.15) is 5.82 Å². The Labute approximate surface area is 213 Å². The minimum atomic E-state index is -1.21. The third-order valence-electron chi connectivity index (χ3n) is 6.51. The van der Waals surface area contributed by atoms with Gasteiger partial charge in [-0.05, 0) is 38.8 Å². The zero-order valence-corrected chi connectivity index (χ0v) is 20.7. The lowest BCUT2D eigenvalue weighted by Crippen LogP contribution is -2.63. The van der Waals surface area contributed by atoms with Crippen LogP contribution in [0.25, 0.3) is 5.82 Å². The highest BCUT2D eigenvalue weighted by atomic mass is 19.1. The molecular formula is C24H28FN11O. The number of aromatic nitrogens is 5. The molecule has 2 aliphatic heterocycles. The maximum atomic E-state index is 13.2. The number of hydrogen-bond acceptors (Lipinski definition) is 10. The first-order chi connectivity index (χ1) is 17.7. The Hall–Kier alpha value is -4.15. The predicted molar refractivity (Wildman–Crippen MR) is 133 cm³/mol. The Morgan fingerprint density at radius 3 is 2.73 bits per heavy atom. The number of anilines is 2. The number of halogens is 1. The molecular weight excluding hydrogens is 477 g/mol. The Kier molecular flexibility index (Phi) is 6.45. The highest BCUT2D eigenvalue weighted by molar-refractivity contribution is 5.89. The van der Waals surface area contributed by atoms with Crippen molar-refractivity contribution in [3.05, 3.63) is 53.9 Å². The summed E-state index contributed by atoms with van der Waals surface area (Å²) in [6.45, 7) is 6.17. The first-order valence-electron chi connectivity index (χ1n) is 12.0. The molecule has 0 bridgehead atoms. The number of hydrazine groups is 1. The van der Waals surface area contributed by atoms with Gasteiger partial charge in [-0.25, -0.2) is 24.5 Å². The van der Waals surface area contributed by atoms with E-state index in [0.29, 0.717) is 23.6 Å². The summed E-state index contributed by atoms with van der Waals surface area (Å²) in [6, 6.07) is 7.49. The largest absolute Gasteiger partial charge is 0.353 e. The summed E-state index contributed by atoms with van der Waals surface area (Å²) in [5.74, 6) is 0.790. The van der Waals surface area contributed by atoms with Gasteiger partial charge in [0, 0.05) is 24.0 Å². The summed E-state index contributed by atoms with van der Waals surface area (Å²) in [5.41, 5.74) is 6.67. The lowest BCUT2D eigenvalue weighted by Gasteiger charge is -2.44. The van der Waals surface area contributed by atoms with Gasteiger partial charge in [-0.2, -0.15) is 15.3 Å². The summed E-state index contributed by atoms with van der Waals surface area (Å²) in [6.07, 6.45) is 4.87. The highest BCUT2D eigenvalue weighted by Crippen LogP contribution is 2.34. The quantitative estimate of drug-likeness (QED) is 0.371. The van der Waals surface area contributed by atoms with Crippen LogP contribution >= 0.6 is 0 Å². The SMILES string of the molecule is Cc1cc(NC2CC(C)NN2)nc(N2CC(C#N)(C(=O)N[C@@H](C)c3ccc(-n4cc(F)cn4)nc3)C2)n1. The third-order valence-corrected chi connectivity index (χ3v) is 6.51. The van der Waals surface area contributed by atoms with Crippen LogP contribution in [-0.4, -0.2) is 55.9 Å². The number of nitriles is 1. The second kappa shape index (κ2) is 9.72. The van der Waals surface area contributed by atoms with Gasteiger partial charge in [-0.1, -0.05) is 6.07 Å². The lowest BCUT2D eigenvalue weighted by molar-refractivity contribution is -0.130. The molecule has 12 nitrogen and oxygen atoms in total. The molecule has 3 aromatic heterocycles. The average Bonchev–Trinajstić information content (AvgIpc) is 3.46. The van der Waals surface area contributed by atoms with E-state index >= 15 is 0 Å². The first kappa shape index (κ1) is 24.5. The molecule has 37 heavy (non-hydrogen) atoms. The molecule has 3 atom stereocenters. The number of aryl methyl sites for hydroxylation is 1. The predicted octanol–water partition coefficient (Wildman–Crippen LogP) is 1.34. The fraction of sp³-hybridized carbons (Fsp3) is 0.417. The normalized spacial score (nSPS) is 21.1. The number of carbonyl (C=O) groups is 1. The van der Waals surface area contributed by atoms with Crippen molar-refractivity contribution in [2.24, 2.45) is 5.41 Å². The van der Waals surface area contributed by atoms with E-state index in [0.717, 1.165) is 23.9 Å². The van der Waals surface area contributed by atoms with E-state index in [9.17, 15) is 14.4 Å². The molecule has 0 aromatic carbocycles. The van der Waals surface area contributed by atoms with Crippen LogP contribution in [0.4, 0.5) is 16.2 Å². The summed E-state index contributed by atoms with van der Waals surface area (Å²) < 4.78 is 14.5. The molecule has 192 valence electrons. The number of pyridine rings is 1. The van der Waals surface area contributed by atoms with Gasteiger partial charge >= 0.3 is 0 Å². The summed E-state index contributed by atoms with van der Waals surface area (Å²) in [7, 11) is 0. The molecule has 3 aromatic rings. The van der Waals surface area contributed by atoms with Gasteiger partial charge in [0.2, 0.25) is 11.9 Å².